The van der Waals surface area contributed by atoms with E-state index in [1.807, 2.05) is 0 Å². The van der Waals surface area contributed by atoms with E-state index in [0.29, 0.717) is 11.1 Å². The Kier molecular flexibility index (Phi) is 9.66. The van der Waals surface area contributed by atoms with Gasteiger partial charge in [-0.05, 0) is 70.8 Å². The summed E-state index contributed by atoms with van der Waals surface area (Å²) < 4.78 is 63.3. The standard InChI is InChI=1S/C34H30O8S2/c1-23(33(41-25(3)35)27-15-19-31(20-16-27)43(37,38)29-11-7-5-8-12-29)24(2)34(42-26(4)36)28-17-21-32(22-18-28)44(39,40)30-13-9-6-10-14-30/h5-22,33-34H,1-2H2,3-4H3. The van der Waals surface area contributed by atoms with Crippen molar-refractivity contribution >= 4 is 31.6 Å². The van der Waals surface area contributed by atoms with Crippen LogP contribution in [0.2, 0.25) is 0 Å². The largest absolute Gasteiger partial charge is 0.453 e. The molecule has 0 aliphatic carbocycles. The van der Waals surface area contributed by atoms with Gasteiger partial charge in [-0.15, -0.1) is 0 Å². The van der Waals surface area contributed by atoms with Crippen molar-refractivity contribution in [3.05, 3.63) is 145 Å². The average Bonchev–Trinajstić information content (AvgIpc) is 3.02. The third-order valence-corrected chi connectivity index (χ3v) is 10.3. The molecule has 2 unspecified atom stereocenters. The fourth-order valence-corrected chi connectivity index (χ4v) is 7.03. The van der Waals surface area contributed by atoms with E-state index in [4.69, 9.17) is 9.47 Å². The Bertz CT molecular complexity index is 1750. The summed E-state index contributed by atoms with van der Waals surface area (Å²) >= 11 is 0. The van der Waals surface area contributed by atoms with Gasteiger partial charge in [0.1, 0.15) is 0 Å². The quantitative estimate of drug-likeness (QED) is 0.138. The summed E-state index contributed by atoms with van der Waals surface area (Å²) in [6.45, 7) is 10.6. The van der Waals surface area contributed by atoms with E-state index in [1.54, 1.807) is 36.4 Å². The Hall–Kier alpha value is -4.80. The van der Waals surface area contributed by atoms with E-state index in [0.717, 1.165) is 0 Å². The lowest BCUT2D eigenvalue weighted by atomic mass is 9.91. The normalized spacial score (nSPS) is 12.9. The Morgan fingerprint density at radius 2 is 0.773 bits per heavy atom. The van der Waals surface area contributed by atoms with Gasteiger partial charge in [0.05, 0.1) is 19.6 Å². The molecule has 2 atom stereocenters. The van der Waals surface area contributed by atoms with Crippen molar-refractivity contribution in [2.75, 3.05) is 0 Å². The second kappa shape index (κ2) is 13.2. The molecule has 0 aliphatic heterocycles. The molecule has 0 N–H and O–H groups in total. The van der Waals surface area contributed by atoms with Gasteiger partial charge in [0.15, 0.2) is 12.2 Å². The first-order valence-electron chi connectivity index (χ1n) is 13.3. The third-order valence-electron chi connectivity index (χ3n) is 6.71. The van der Waals surface area contributed by atoms with E-state index in [1.165, 1.54) is 86.6 Å². The zero-order valence-electron chi connectivity index (χ0n) is 24.0. The summed E-state index contributed by atoms with van der Waals surface area (Å²) in [6, 6.07) is 27.6. The molecule has 0 amide bonds. The summed E-state index contributed by atoms with van der Waals surface area (Å²) in [5.41, 5.74) is 1.19. The monoisotopic (exact) mass is 630 g/mol. The number of hydrogen-bond acceptors (Lipinski definition) is 8. The van der Waals surface area contributed by atoms with Crippen LogP contribution >= 0.6 is 0 Å². The highest BCUT2D eigenvalue weighted by molar-refractivity contribution is 7.91. The third kappa shape index (κ3) is 7.04. The van der Waals surface area contributed by atoms with Crippen LogP contribution in [0.1, 0.15) is 37.2 Å². The lowest BCUT2D eigenvalue weighted by molar-refractivity contribution is -0.147. The molecule has 0 spiro atoms. The van der Waals surface area contributed by atoms with E-state index in [9.17, 15) is 26.4 Å². The van der Waals surface area contributed by atoms with Crippen LogP contribution in [-0.4, -0.2) is 28.8 Å². The van der Waals surface area contributed by atoms with Crippen molar-refractivity contribution in [2.24, 2.45) is 0 Å². The molecule has 8 nitrogen and oxygen atoms in total. The SMILES string of the molecule is C=C(C(=C)C(OC(C)=O)c1ccc(S(=O)(=O)c2ccccc2)cc1)C(OC(C)=O)c1ccc(S(=O)(=O)c2ccccc2)cc1. The van der Waals surface area contributed by atoms with Crippen molar-refractivity contribution in [1.29, 1.82) is 0 Å². The molecule has 44 heavy (non-hydrogen) atoms. The number of benzene rings is 4. The van der Waals surface area contributed by atoms with E-state index >= 15 is 0 Å². The van der Waals surface area contributed by atoms with Gasteiger partial charge in [0, 0.05) is 13.8 Å². The summed E-state index contributed by atoms with van der Waals surface area (Å²) in [5, 5.41) is 0. The van der Waals surface area contributed by atoms with Gasteiger partial charge in [-0.25, -0.2) is 16.8 Å². The number of rotatable bonds is 11. The smallest absolute Gasteiger partial charge is 0.303 e. The van der Waals surface area contributed by atoms with Crippen molar-refractivity contribution in [1.82, 2.24) is 0 Å². The van der Waals surface area contributed by atoms with Crippen molar-refractivity contribution in [3.8, 4) is 0 Å². The number of esters is 2. The maximum absolute atomic E-state index is 13.0. The lowest BCUT2D eigenvalue weighted by Gasteiger charge is -2.26. The zero-order chi connectivity index (χ0) is 32.1. The van der Waals surface area contributed by atoms with Gasteiger partial charge in [-0.3, -0.25) is 9.59 Å². The molecular weight excluding hydrogens is 601 g/mol. The molecule has 0 aliphatic rings. The molecule has 10 heteroatoms. The predicted octanol–water partition coefficient (Wildman–Crippen LogP) is 6.37. The lowest BCUT2D eigenvalue weighted by Crippen LogP contribution is -2.18. The first kappa shape index (κ1) is 32.1. The Morgan fingerprint density at radius 3 is 1.05 bits per heavy atom. The molecule has 0 aromatic heterocycles. The van der Waals surface area contributed by atoms with Gasteiger partial charge in [-0.1, -0.05) is 73.8 Å². The molecular formula is C34H30O8S2. The molecule has 0 radical (unpaired) electrons. The summed E-state index contributed by atoms with van der Waals surface area (Å²) in [5.74, 6) is -1.27. The minimum atomic E-state index is -3.78. The topological polar surface area (TPSA) is 121 Å². The maximum atomic E-state index is 13.0. The van der Waals surface area contributed by atoms with Crippen LogP contribution in [0.15, 0.2) is 153 Å². The van der Waals surface area contributed by atoms with Crippen molar-refractivity contribution < 1.29 is 35.9 Å². The predicted molar refractivity (Wildman–Crippen MR) is 164 cm³/mol. The van der Waals surface area contributed by atoms with Crippen LogP contribution in [0.3, 0.4) is 0 Å². The minimum absolute atomic E-state index is 0.0433. The van der Waals surface area contributed by atoms with Crippen LogP contribution in [-0.2, 0) is 38.7 Å². The van der Waals surface area contributed by atoms with E-state index in [-0.39, 0.29) is 30.7 Å². The van der Waals surface area contributed by atoms with Gasteiger partial charge in [-0.2, -0.15) is 0 Å². The molecule has 0 bridgehead atoms. The molecule has 4 aromatic rings. The highest BCUT2D eigenvalue weighted by Crippen LogP contribution is 2.38. The Morgan fingerprint density at radius 1 is 0.500 bits per heavy atom. The van der Waals surface area contributed by atoms with E-state index < -0.39 is 43.8 Å². The summed E-state index contributed by atoms with van der Waals surface area (Å²) in [7, 11) is -7.57. The number of hydrogen-bond donors (Lipinski definition) is 0. The molecule has 4 aromatic carbocycles. The van der Waals surface area contributed by atoms with Crippen molar-refractivity contribution in [2.45, 2.75) is 45.6 Å². The van der Waals surface area contributed by atoms with Gasteiger partial charge < -0.3 is 9.47 Å². The minimum Gasteiger partial charge on any atom is -0.453 e. The molecule has 0 fully saturated rings. The fourth-order valence-electron chi connectivity index (χ4n) is 4.46. The van der Waals surface area contributed by atoms with E-state index in [2.05, 4.69) is 13.2 Å². The highest BCUT2D eigenvalue weighted by atomic mass is 32.2. The van der Waals surface area contributed by atoms with Gasteiger partial charge in [0.2, 0.25) is 19.7 Å². The Balaban J connectivity index is 1.65. The van der Waals surface area contributed by atoms with Crippen LogP contribution in [0, 0.1) is 0 Å². The molecule has 0 saturated heterocycles. The molecule has 0 heterocycles. The van der Waals surface area contributed by atoms with Crippen LogP contribution in [0.4, 0.5) is 0 Å². The average molecular weight is 631 g/mol. The first-order chi connectivity index (χ1) is 20.8. The number of carbonyl (C=O) groups is 2. The zero-order valence-corrected chi connectivity index (χ0v) is 25.7. The van der Waals surface area contributed by atoms with Gasteiger partial charge in [0.25, 0.3) is 0 Å². The Labute approximate surface area is 257 Å². The number of sulfone groups is 2. The van der Waals surface area contributed by atoms with Gasteiger partial charge >= 0.3 is 11.9 Å². The molecule has 0 saturated carbocycles. The molecule has 4 rings (SSSR count). The van der Waals surface area contributed by atoms with Crippen LogP contribution < -0.4 is 0 Å². The van der Waals surface area contributed by atoms with Crippen LogP contribution in [0.5, 0.6) is 0 Å². The maximum Gasteiger partial charge on any atom is 0.303 e. The number of ether oxygens (including phenoxy) is 2. The first-order valence-corrected chi connectivity index (χ1v) is 16.3. The highest BCUT2D eigenvalue weighted by Gasteiger charge is 2.29. The molecule has 226 valence electrons. The fraction of sp³-hybridized carbons (Fsp3) is 0.118. The van der Waals surface area contributed by atoms with Crippen LogP contribution in [0.25, 0.3) is 0 Å². The second-order valence-corrected chi connectivity index (χ2v) is 13.7. The summed E-state index contributed by atoms with van der Waals surface area (Å²) in [6.07, 6.45) is -2.19. The number of carbonyl (C=O) groups excluding carboxylic acids is 2. The summed E-state index contributed by atoms with van der Waals surface area (Å²) in [4.78, 5) is 24.6. The second-order valence-electron chi connectivity index (χ2n) is 9.80. The van der Waals surface area contributed by atoms with Crippen molar-refractivity contribution in [3.63, 3.8) is 0 Å².